The quantitative estimate of drug-likeness (QED) is 0.505. The average Bonchev–Trinajstić information content (AvgIpc) is 2.55. The topological polar surface area (TPSA) is 76.7 Å². The molecule has 2 aromatic carbocycles. The van der Waals surface area contributed by atoms with Crippen molar-refractivity contribution in [1.82, 2.24) is 0 Å². The van der Waals surface area contributed by atoms with Crippen LogP contribution in [-0.4, -0.2) is 24.7 Å². The molecule has 0 saturated carbocycles. The van der Waals surface area contributed by atoms with Gasteiger partial charge in [0, 0.05) is 0 Å². The van der Waals surface area contributed by atoms with Crippen LogP contribution in [0.5, 0.6) is 5.75 Å². The molecule has 0 bridgehead atoms. The number of ether oxygens (including phenoxy) is 1. The molecule has 0 unspecified atom stereocenters. The number of anilines is 1. The maximum atomic E-state index is 12.5. The molecule has 0 aliphatic carbocycles. The number of hydrogen-bond acceptors (Lipinski definition) is 3. The minimum Gasteiger partial charge on any atom is -0.495 e. The molecule has 2 rings (SSSR count). The molecule has 0 atom stereocenters. The highest BCUT2D eigenvalue weighted by Gasteiger charge is 2.13. The number of rotatable bonds is 5. The Kier molecular flexibility index (Phi) is 5.38. The van der Waals surface area contributed by atoms with E-state index in [1.165, 1.54) is 0 Å². The van der Waals surface area contributed by atoms with Crippen molar-refractivity contribution in [2.45, 2.75) is 0 Å². The minimum absolute atomic E-state index is 0.0997. The first-order chi connectivity index (χ1) is 10.7. The zero-order chi connectivity index (χ0) is 15.9. The molecule has 3 N–H and O–H groups in total. The second-order valence-electron chi connectivity index (χ2n) is 4.41. The minimum atomic E-state index is -0.300. The lowest BCUT2D eigenvalue weighted by molar-refractivity contribution is 0.102. The molecular formula is C16H16ClN3O2. The molecule has 5 nitrogen and oxygen atoms in total. The van der Waals surface area contributed by atoms with Gasteiger partial charge in [-0.1, -0.05) is 24.3 Å². The molecule has 114 valence electrons. The van der Waals surface area contributed by atoms with Crippen LogP contribution in [0.4, 0.5) is 11.4 Å². The number of nitrogens with zero attached hydrogens (tertiary/aromatic N) is 1. The molecule has 0 heterocycles. The highest BCUT2D eigenvalue weighted by molar-refractivity contribution is 6.28. The molecule has 0 aliphatic rings. The van der Waals surface area contributed by atoms with E-state index in [2.05, 4.69) is 10.3 Å². The fourth-order valence-electron chi connectivity index (χ4n) is 1.89. The summed E-state index contributed by atoms with van der Waals surface area (Å²) in [5.41, 5.74) is 7.09. The smallest absolute Gasteiger partial charge is 0.257 e. The predicted octanol–water partition coefficient (Wildman–Crippen LogP) is 3.18. The van der Waals surface area contributed by atoms with Crippen LogP contribution < -0.4 is 15.8 Å². The Bertz CT molecular complexity index is 701. The van der Waals surface area contributed by atoms with Gasteiger partial charge in [-0.25, -0.2) is 4.99 Å². The number of benzene rings is 2. The van der Waals surface area contributed by atoms with Crippen molar-refractivity contribution in [2.24, 2.45) is 10.7 Å². The van der Waals surface area contributed by atoms with Crippen molar-refractivity contribution in [3.8, 4) is 5.75 Å². The van der Waals surface area contributed by atoms with Crippen LogP contribution in [0.15, 0.2) is 53.5 Å². The fourth-order valence-corrected chi connectivity index (χ4v) is 1.95. The summed E-state index contributed by atoms with van der Waals surface area (Å²) in [5.74, 6) is 0.630. The van der Waals surface area contributed by atoms with Gasteiger partial charge in [-0.3, -0.25) is 4.79 Å². The van der Waals surface area contributed by atoms with Crippen LogP contribution in [-0.2, 0) is 0 Å². The summed E-state index contributed by atoms with van der Waals surface area (Å²) in [4.78, 5) is 16.6. The van der Waals surface area contributed by atoms with E-state index in [0.29, 0.717) is 22.7 Å². The zero-order valence-corrected chi connectivity index (χ0v) is 12.8. The Morgan fingerprint density at radius 3 is 2.64 bits per heavy atom. The number of aliphatic imine (C=N–C) groups is 1. The van der Waals surface area contributed by atoms with Gasteiger partial charge in [0.05, 0.1) is 29.9 Å². The number of alkyl halides is 1. The number of amides is 1. The van der Waals surface area contributed by atoms with Gasteiger partial charge in [-0.15, -0.1) is 11.6 Å². The first-order valence-corrected chi connectivity index (χ1v) is 7.11. The van der Waals surface area contributed by atoms with Gasteiger partial charge < -0.3 is 15.8 Å². The first kappa shape index (κ1) is 15.9. The molecular weight excluding hydrogens is 302 g/mol. The number of para-hydroxylation sites is 3. The highest BCUT2D eigenvalue weighted by atomic mass is 35.5. The van der Waals surface area contributed by atoms with Crippen molar-refractivity contribution in [2.75, 3.05) is 18.3 Å². The maximum Gasteiger partial charge on any atom is 0.257 e. The summed E-state index contributed by atoms with van der Waals surface area (Å²) in [6.07, 6.45) is 0. The summed E-state index contributed by atoms with van der Waals surface area (Å²) in [7, 11) is 1.55. The molecule has 0 aromatic heterocycles. The lowest BCUT2D eigenvalue weighted by Gasteiger charge is -2.11. The van der Waals surface area contributed by atoms with E-state index in [0.717, 1.165) is 0 Å². The molecule has 2 aromatic rings. The Labute approximate surface area is 133 Å². The van der Waals surface area contributed by atoms with E-state index in [1.807, 2.05) is 12.1 Å². The van der Waals surface area contributed by atoms with Gasteiger partial charge in [0.2, 0.25) is 0 Å². The van der Waals surface area contributed by atoms with E-state index < -0.39 is 0 Å². The van der Waals surface area contributed by atoms with Crippen LogP contribution in [0.1, 0.15) is 10.4 Å². The SMILES string of the molecule is COc1ccccc1NC(=O)c1ccccc1N=C(N)CCl. The van der Waals surface area contributed by atoms with E-state index in [4.69, 9.17) is 22.1 Å². The summed E-state index contributed by atoms with van der Waals surface area (Å²) in [6, 6.07) is 14.1. The number of nitrogens with one attached hydrogen (secondary N) is 1. The van der Waals surface area contributed by atoms with Gasteiger partial charge in [-0.05, 0) is 24.3 Å². The number of methoxy groups -OCH3 is 1. The Morgan fingerprint density at radius 2 is 1.91 bits per heavy atom. The van der Waals surface area contributed by atoms with Gasteiger partial charge in [0.1, 0.15) is 11.6 Å². The number of hydrogen-bond donors (Lipinski definition) is 2. The predicted molar refractivity (Wildman–Crippen MR) is 89.4 cm³/mol. The van der Waals surface area contributed by atoms with E-state index in [9.17, 15) is 4.79 Å². The molecule has 6 heteroatoms. The van der Waals surface area contributed by atoms with Gasteiger partial charge in [0.15, 0.2) is 0 Å². The van der Waals surface area contributed by atoms with E-state index >= 15 is 0 Å². The third-order valence-electron chi connectivity index (χ3n) is 2.90. The number of carbonyl (C=O) groups is 1. The second kappa shape index (κ2) is 7.47. The molecule has 0 spiro atoms. The Hall–Kier alpha value is -2.53. The van der Waals surface area contributed by atoms with Crippen LogP contribution in [0.25, 0.3) is 0 Å². The van der Waals surface area contributed by atoms with Gasteiger partial charge in [-0.2, -0.15) is 0 Å². The monoisotopic (exact) mass is 317 g/mol. The van der Waals surface area contributed by atoms with Crippen LogP contribution in [0.3, 0.4) is 0 Å². The number of nitrogens with two attached hydrogens (primary N) is 1. The second-order valence-corrected chi connectivity index (χ2v) is 4.68. The standard InChI is InChI=1S/C16H16ClN3O2/c1-22-14-9-5-4-8-13(14)20-16(21)11-6-2-3-7-12(11)19-15(18)10-17/h2-9H,10H2,1H3,(H2,18,19)(H,20,21). The molecule has 0 aliphatic heterocycles. The van der Waals surface area contributed by atoms with Crippen molar-refractivity contribution < 1.29 is 9.53 Å². The summed E-state index contributed by atoms with van der Waals surface area (Å²) < 4.78 is 5.21. The van der Waals surface area contributed by atoms with Crippen molar-refractivity contribution in [3.63, 3.8) is 0 Å². The van der Waals surface area contributed by atoms with Crippen molar-refractivity contribution in [1.29, 1.82) is 0 Å². The fraction of sp³-hybridized carbons (Fsp3) is 0.125. The third-order valence-corrected chi connectivity index (χ3v) is 3.18. The Morgan fingerprint density at radius 1 is 1.23 bits per heavy atom. The molecule has 0 radical (unpaired) electrons. The summed E-state index contributed by atoms with van der Waals surface area (Å²) in [5, 5.41) is 2.80. The van der Waals surface area contributed by atoms with Crippen molar-refractivity contribution >= 4 is 34.7 Å². The molecule has 22 heavy (non-hydrogen) atoms. The number of halogens is 1. The van der Waals surface area contributed by atoms with Gasteiger partial charge >= 0.3 is 0 Å². The molecule has 0 saturated heterocycles. The summed E-state index contributed by atoms with van der Waals surface area (Å²) in [6.45, 7) is 0. The molecule has 1 amide bonds. The lowest BCUT2D eigenvalue weighted by atomic mass is 10.1. The van der Waals surface area contributed by atoms with Crippen LogP contribution >= 0.6 is 11.6 Å². The van der Waals surface area contributed by atoms with Gasteiger partial charge in [0.25, 0.3) is 5.91 Å². The van der Waals surface area contributed by atoms with E-state index in [-0.39, 0.29) is 17.6 Å². The lowest BCUT2D eigenvalue weighted by Crippen LogP contribution is -2.15. The maximum absolute atomic E-state index is 12.5. The third kappa shape index (κ3) is 3.77. The zero-order valence-electron chi connectivity index (χ0n) is 12.0. The normalized spacial score (nSPS) is 11.1. The van der Waals surface area contributed by atoms with Crippen molar-refractivity contribution in [3.05, 3.63) is 54.1 Å². The number of amidine groups is 1. The molecule has 0 fully saturated rings. The van der Waals surface area contributed by atoms with E-state index in [1.54, 1.807) is 43.5 Å². The largest absolute Gasteiger partial charge is 0.495 e. The highest BCUT2D eigenvalue weighted by Crippen LogP contribution is 2.25. The first-order valence-electron chi connectivity index (χ1n) is 6.58. The Balaban J connectivity index is 2.30. The summed E-state index contributed by atoms with van der Waals surface area (Å²) >= 11 is 5.63. The number of carbonyl (C=O) groups excluding carboxylic acids is 1. The van der Waals surface area contributed by atoms with Crippen LogP contribution in [0, 0.1) is 0 Å². The van der Waals surface area contributed by atoms with Crippen LogP contribution in [0.2, 0.25) is 0 Å². The average molecular weight is 318 g/mol.